The van der Waals surface area contributed by atoms with Crippen LogP contribution in [0, 0.1) is 22.7 Å². The van der Waals surface area contributed by atoms with E-state index in [2.05, 4.69) is 4.72 Å². The molecule has 0 saturated heterocycles. The molecule has 0 aromatic heterocycles. The Hall–Kier alpha value is -3.03. The van der Waals surface area contributed by atoms with Crippen molar-refractivity contribution in [1.82, 2.24) is 0 Å². The van der Waals surface area contributed by atoms with Crippen molar-refractivity contribution in [2.75, 3.05) is 10.5 Å². The van der Waals surface area contributed by atoms with Gasteiger partial charge in [0.2, 0.25) is 0 Å². The number of nitrogens with zero attached hydrogens (tertiary/aromatic N) is 2. The van der Waals surface area contributed by atoms with E-state index in [1.54, 1.807) is 6.07 Å². The Morgan fingerprint density at radius 2 is 1.67 bits per heavy atom. The molecule has 0 aliphatic carbocycles. The zero-order valence-corrected chi connectivity index (χ0v) is 11.6. The predicted molar refractivity (Wildman–Crippen MR) is 77.5 cm³/mol. The summed E-state index contributed by atoms with van der Waals surface area (Å²) < 4.78 is 26.9. The molecule has 6 nitrogen and oxygen atoms in total. The number of nitriles is 2. The van der Waals surface area contributed by atoms with Crippen molar-refractivity contribution in [1.29, 1.82) is 10.5 Å². The van der Waals surface area contributed by atoms with Crippen molar-refractivity contribution in [3.8, 4) is 12.1 Å². The van der Waals surface area contributed by atoms with Gasteiger partial charge in [0.25, 0.3) is 10.0 Å². The molecule has 3 N–H and O–H groups in total. The van der Waals surface area contributed by atoms with Crippen molar-refractivity contribution in [2.45, 2.75) is 4.90 Å². The second kappa shape index (κ2) is 5.53. The Morgan fingerprint density at radius 1 is 1.00 bits per heavy atom. The van der Waals surface area contributed by atoms with Crippen molar-refractivity contribution in [3.63, 3.8) is 0 Å². The van der Waals surface area contributed by atoms with Crippen molar-refractivity contribution in [3.05, 3.63) is 53.6 Å². The van der Waals surface area contributed by atoms with Gasteiger partial charge in [0, 0.05) is 11.4 Å². The minimum Gasteiger partial charge on any atom is -0.399 e. The molecule has 21 heavy (non-hydrogen) atoms. The number of hydrogen-bond donors (Lipinski definition) is 2. The normalized spacial score (nSPS) is 10.4. The molecular formula is C14H10N4O2S. The van der Waals surface area contributed by atoms with Gasteiger partial charge in [-0.15, -0.1) is 0 Å². The van der Waals surface area contributed by atoms with Crippen LogP contribution in [0.3, 0.4) is 0 Å². The molecule has 0 heterocycles. The van der Waals surface area contributed by atoms with Crippen LogP contribution in [0.25, 0.3) is 0 Å². The smallest absolute Gasteiger partial charge is 0.263 e. The summed E-state index contributed by atoms with van der Waals surface area (Å²) in [6, 6.07) is 13.7. The fourth-order valence-corrected chi connectivity index (χ4v) is 2.89. The molecule has 0 amide bonds. The number of hydrogen-bond acceptors (Lipinski definition) is 5. The van der Waals surface area contributed by atoms with Gasteiger partial charge in [-0.2, -0.15) is 10.5 Å². The largest absolute Gasteiger partial charge is 0.399 e. The first-order valence-corrected chi connectivity index (χ1v) is 7.27. The zero-order valence-electron chi connectivity index (χ0n) is 10.7. The minimum atomic E-state index is -3.90. The first kappa shape index (κ1) is 14.4. The van der Waals surface area contributed by atoms with Gasteiger partial charge in [-0.25, -0.2) is 8.42 Å². The number of rotatable bonds is 3. The zero-order chi connectivity index (χ0) is 15.5. The maximum absolute atomic E-state index is 12.3. The van der Waals surface area contributed by atoms with Crippen LogP contribution in [-0.2, 0) is 10.0 Å². The van der Waals surface area contributed by atoms with Crippen LogP contribution in [-0.4, -0.2) is 8.42 Å². The summed E-state index contributed by atoms with van der Waals surface area (Å²) in [5.41, 5.74) is 6.53. The van der Waals surface area contributed by atoms with Crippen LogP contribution in [0.15, 0.2) is 47.4 Å². The summed E-state index contributed by atoms with van der Waals surface area (Å²) >= 11 is 0. The molecule has 0 saturated carbocycles. The van der Waals surface area contributed by atoms with E-state index in [0.29, 0.717) is 16.9 Å². The molecule has 2 aromatic rings. The molecule has 0 radical (unpaired) electrons. The van der Waals surface area contributed by atoms with Gasteiger partial charge >= 0.3 is 0 Å². The highest BCUT2D eigenvalue weighted by molar-refractivity contribution is 7.92. The molecule has 0 atom stereocenters. The predicted octanol–water partition coefficient (Wildman–Crippen LogP) is 1.81. The number of nitrogens with one attached hydrogen (secondary N) is 1. The second-order valence-corrected chi connectivity index (χ2v) is 5.81. The molecule has 7 heteroatoms. The van der Waals surface area contributed by atoms with Crippen molar-refractivity contribution >= 4 is 21.4 Å². The summed E-state index contributed by atoms with van der Waals surface area (Å²) in [5, 5.41) is 17.7. The lowest BCUT2D eigenvalue weighted by atomic mass is 10.2. The number of anilines is 2. The van der Waals surface area contributed by atoms with Crippen molar-refractivity contribution in [2.24, 2.45) is 0 Å². The van der Waals surface area contributed by atoms with E-state index in [1.165, 1.54) is 42.5 Å². The van der Waals surface area contributed by atoms with E-state index in [0.717, 1.165) is 0 Å². The van der Waals surface area contributed by atoms with Crippen LogP contribution in [0.1, 0.15) is 11.1 Å². The molecule has 2 rings (SSSR count). The maximum Gasteiger partial charge on any atom is 0.263 e. The topological polar surface area (TPSA) is 120 Å². The highest BCUT2D eigenvalue weighted by Gasteiger charge is 2.18. The van der Waals surface area contributed by atoms with Gasteiger partial charge < -0.3 is 5.73 Å². The van der Waals surface area contributed by atoms with Gasteiger partial charge in [0.1, 0.15) is 11.0 Å². The second-order valence-electron chi connectivity index (χ2n) is 4.16. The summed E-state index contributed by atoms with van der Waals surface area (Å²) in [6.07, 6.45) is 0. The molecule has 104 valence electrons. The highest BCUT2D eigenvalue weighted by atomic mass is 32.2. The van der Waals surface area contributed by atoms with Crippen LogP contribution >= 0.6 is 0 Å². The van der Waals surface area contributed by atoms with E-state index >= 15 is 0 Å². The van der Waals surface area contributed by atoms with Gasteiger partial charge in [-0.05, 0) is 42.5 Å². The van der Waals surface area contributed by atoms with Crippen LogP contribution in [0.4, 0.5) is 11.4 Å². The van der Waals surface area contributed by atoms with Gasteiger partial charge in [0.05, 0.1) is 17.2 Å². The lowest BCUT2D eigenvalue weighted by Gasteiger charge is -2.09. The number of nitrogen functional groups attached to an aromatic ring is 1. The van der Waals surface area contributed by atoms with Gasteiger partial charge in [-0.1, -0.05) is 0 Å². The molecule has 0 aliphatic heterocycles. The third-order valence-electron chi connectivity index (χ3n) is 2.68. The average Bonchev–Trinajstić information content (AvgIpc) is 2.47. The summed E-state index contributed by atoms with van der Waals surface area (Å²) in [4.78, 5) is -0.149. The lowest BCUT2D eigenvalue weighted by molar-refractivity contribution is 0.601. The monoisotopic (exact) mass is 298 g/mol. The summed E-state index contributed by atoms with van der Waals surface area (Å²) in [6.45, 7) is 0. The van der Waals surface area contributed by atoms with E-state index < -0.39 is 10.0 Å². The molecule has 0 fully saturated rings. The Kier molecular flexibility index (Phi) is 3.79. The number of nitrogens with two attached hydrogens (primary N) is 1. The highest BCUT2D eigenvalue weighted by Crippen LogP contribution is 2.21. The van der Waals surface area contributed by atoms with Gasteiger partial charge in [-0.3, -0.25) is 4.72 Å². The lowest BCUT2D eigenvalue weighted by Crippen LogP contribution is -2.14. The quantitative estimate of drug-likeness (QED) is 0.837. The van der Waals surface area contributed by atoms with Crippen molar-refractivity contribution < 1.29 is 8.42 Å². The Morgan fingerprint density at radius 3 is 2.24 bits per heavy atom. The minimum absolute atomic E-state index is 0.0313. The Bertz CT molecular complexity index is 859. The third kappa shape index (κ3) is 3.11. The first-order valence-electron chi connectivity index (χ1n) is 5.79. The van der Waals surface area contributed by atoms with Crippen LogP contribution in [0.2, 0.25) is 0 Å². The van der Waals surface area contributed by atoms with Crippen LogP contribution < -0.4 is 10.5 Å². The van der Waals surface area contributed by atoms with E-state index in [4.69, 9.17) is 16.3 Å². The molecule has 0 bridgehead atoms. The van der Waals surface area contributed by atoms with E-state index in [-0.39, 0.29) is 10.5 Å². The van der Waals surface area contributed by atoms with E-state index in [9.17, 15) is 8.42 Å². The van der Waals surface area contributed by atoms with Gasteiger partial charge in [0.15, 0.2) is 0 Å². The first-order chi connectivity index (χ1) is 9.96. The number of sulfonamides is 1. The summed E-state index contributed by atoms with van der Waals surface area (Å²) in [5.74, 6) is 0. The van der Waals surface area contributed by atoms with Crippen LogP contribution in [0.5, 0.6) is 0 Å². The summed E-state index contributed by atoms with van der Waals surface area (Å²) in [7, 11) is -3.90. The van der Waals surface area contributed by atoms with E-state index in [1.807, 2.05) is 6.07 Å². The fourth-order valence-electron chi connectivity index (χ4n) is 1.69. The Balaban J connectivity index is 2.39. The SMILES string of the molecule is N#Cc1ccc(NS(=O)(=O)c2ccc(N)cc2C#N)cc1. The maximum atomic E-state index is 12.3. The molecule has 0 spiro atoms. The molecule has 2 aromatic carbocycles. The Labute approximate surface area is 122 Å². The molecule has 0 aliphatic rings. The average molecular weight is 298 g/mol. The molecule has 0 unspecified atom stereocenters. The fraction of sp³-hybridized carbons (Fsp3) is 0. The standard InChI is InChI=1S/C14H10N4O2S/c15-8-10-1-4-13(5-2-10)18-21(19,20)14-6-3-12(17)7-11(14)9-16/h1-7,18H,17H2. The third-order valence-corrected chi connectivity index (χ3v) is 4.12. The molecular weight excluding hydrogens is 288 g/mol. The number of benzene rings is 2.